The van der Waals surface area contributed by atoms with Gasteiger partial charge in [0.2, 0.25) is 0 Å². The molecule has 1 saturated carbocycles. The lowest BCUT2D eigenvalue weighted by atomic mass is 9.93. The molecule has 5 rings (SSSR count). The largest absolute Gasteiger partial charge is 0.469 e. The van der Waals surface area contributed by atoms with Crippen LogP contribution in [0.5, 0.6) is 0 Å². The first kappa shape index (κ1) is 24.8. The Morgan fingerprint density at radius 2 is 1.83 bits per heavy atom. The van der Waals surface area contributed by atoms with Crippen LogP contribution < -0.4 is 11.5 Å². The summed E-state index contributed by atoms with van der Waals surface area (Å²) in [6.07, 6.45) is 7.32. The van der Waals surface area contributed by atoms with Crippen molar-refractivity contribution in [3.05, 3.63) is 54.4 Å². The number of nitrogens with zero attached hydrogens (tertiary/aromatic N) is 4. The number of benzene rings is 1. The van der Waals surface area contributed by atoms with E-state index in [0.29, 0.717) is 42.0 Å². The Labute approximate surface area is 210 Å². The molecule has 0 unspecified atom stereocenters. The molecule has 0 spiro atoms. The number of hydrogen-bond acceptors (Lipinski definition) is 7. The topological polar surface area (TPSA) is 154 Å². The van der Waals surface area contributed by atoms with Crippen LogP contribution in [0.3, 0.4) is 0 Å². The summed E-state index contributed by atoms with van der Waals surface area (Å²) >= 11 is 1.39. The Hall–Kier alpha value is -2.89. The number of rotatable bonds is 6. The highest BCUT2D eigenvalue weighted by molar-refractivity contribution is 7.99. The van der Waals surface area contributed by atoms with Gasteiger partial charge in [0, 0.05) is 38.5 Å². The van der Waals surface area contributed by atoms with Crippen LogP contribution in [0.2, 0.25) is 0 Å². The van der Waals surface area contributed by atoms with Gasteiger partial charge in [0.15, 0.2) is 0 Å². The average molecular weight is 533 g/mol. The number of halogens is 1. The first-order valence-electron chi connectivity index (χ1n) is 11.4. The summed E-state index contributed by atoms with van der Waals surface area (Å²) in [7, 11) is -4.49. The minimum atomic E-state index is -4.49. The molecule has 6 N–H and O–H groups in total. The molecule has 13 heteroatoms. The first-order valence-corrected chi connectivity index (χ1v) is 13.7. The molecule has 0 bridgehead atoms. The van der Waals surface area contributed by atoms with E-state index in [1.165, 1.54) is 23.9 Å². The summed E-state index contributed by atoms with van der Waals surface area (Å²) in [6.45, 7) is 1.99. The van der Waals surface area contributed by atoms with Crippen molar-refractivity contribution in [2.75, 3.05) is 11.5 Å². The summed E-state index contributed by atoms with van der Waals surface area (Å²) in [6, 6.07) is 6.40. The van der Waals surface area contributed by atoms with Crippen LogP contribution in [0, 0.1) is 12.7 Å². The number of aromatic nitrogens is 4. The molecule has 3 aromatic heterocycles. The van der Waals surface area contributed by atoms with E-state index in [0.717, 1.165) is 27.2 Å². The van der Waals surface area contributed by atoms with Crippen molar-refractivity contribution in [3.8, 4) is 11.1 Å². The van der Waals surface area contributed by atoms with E-state index < -0.39 is 19.7 Å². The highest BCUT2D eigenvalue weighted by atomic mass is 32.2. The second kappa shape index (κ2) is 9.53. The van der Waals surface area contributed by atoms with Gasteiger partial charge in [-0.05, 0) is 56.9 Å². The van der Waals surface area contributed by atoms with Crippen molar-refractivity contribution in [2.24, 2.45) is 0 Å². The standard InChI is InChI=1S/C23H26FN6O4PS/c1-13-18(10-28-30(13)16-3-5-17(6-4-16)34-35(31,32)33)14-8-22(23-20(26)11-27-29(23)12-14)36-21-7-2-15(24)9-19(21)25/h2,7-12,16-17H,3-6,25-26H2,1H3,(H2,31,32,33)/t16-,17-. The molecule has 0 amide bonds. The Balaban J connectivity index is 1.45. The molecule has 1 fully saturated rings. The van der Waals surface area contributed by atoms with Crippen LogP contribution in [0.15, 0.2) is 52.6 Å². The van der Waals surface area contributed by atoms with E-state index >= 15 is 0 Å². The fraction of sp³-hybridized carbons (Fsp3) is 0.304. The van der Waals surface area contributed by atoms with Gasteiger partial charge in [-0.3, -0.25) is 9.21 Å². The molecule has 190 valence electrons. The maximum atomic E-state index is 13.6. The fourth-order valence-corrected chi connectivity index (χ4v) is 6.37. The molecule has 0 saturated heterocycles. The molecule has 1 aliphatic carbocycles. The van der Waals surface area contributed by atoms with Gasteiger partial charge < -0.3 is 21.3 Å². The van der Waals surface area contributed by atoms with Gasteiger partial charge >= 0.3 is 7.82 Å². The molecular weight excluding hydrogens is 506 g/mol. The molecule has 3 heterocycles. The number of anilines is 2. The van der Waals surface area contributed by atoms with Crippen molar-refractivity contribution < 1.29 is 23.3 Å². The summed E-state index contributed by atoms with van der Waals surface area (Å²) in [5.41, 5.74) is 16.6. The van der Waals surface area contributed by atoms with Crippen molar-refractivity contribution in [1.29, 1.82) is 0 Å². The third-order valence-corrected chi connectivity index (χ3v) is 8.12. The summed E-state index contributed by atoms with van der Waals surface area (Å²) < 4.78 is 33.3. The quantitative estimate of drug-likeness (QED) is 0.207. The Morgan fingerprint density at radius 1 is 1.08 bits per heavy atom. The van der Waals surface area contributed by atoms with Crippen molar-refractivity contribution >= 4 is 36.5 Å². The lowest BCUT2D eigenvalue weighted by molar-refractivity contribution is 0.0889. The van der Waals surface area contributed by atoms with Crippen molar-refractivity contribution in [3.63, 3.8) is 0 Å². The Morgan fingerprint density at radius 3 is 2.53 bits per heavy atom. The zero-order valence-corrected chi connectivity index (χ0v) is 21.1. The molecule has 0 radical (unpaired) electrons. The van der Waals surface area contributed by atoms with Crippen LogP contribution >= 0.6 is 19.6 Å². The predicted molar refractivity (Wildman–Crippen MR) is 135 cm³/mol. The molecule has 0 atom stereocenters. The molecule has 0 aliphatic heterocycles. The predicted octanol–water partition coefficient (Wildman–Crippen LogP) is 4.55. The second-order valence-electron chi connectivity index (χ2n) is 8.89. The third-order valence-electron chi connectivity index (χ3n) is 6.43. The number of nitrogens with two attached hydrogens (primary N) is 2. The third kappa shape index (κ3) is 5.00. The molecular formula is C23H26FN6O4PS. The average Bonchev–Trinajstić information content (AvgIpc) is 3.38. The molecule has 10 nitrogen and oxygen atoms in total. The van der Waals surface area contributed by atoms with Crippen LogP contribution in [0.25, 0.3) is 16.6 Å². The van der Waals surface area contributed by atoms with Gasteiger partial charge in [0.05, 0.1) is 30.2 Å². The van der Waals surface area contributed by atoms with Crippen LogP contribution in [0.1, 0.15) is 37.4 Å². The smallest absolute Gasteiger partial charge is 0.398 e. The normalized spacial score (nSPS) is 18.7. The number of pyridine rings is 1. The van der Waals surface area contributed by atoms with Gasteiger partial charge in [-0.15, -0.1) is 0 Å². The molecule has 1 aromatic carbocycles. The van der Waals surface area contributed by atoms with Crippen molar-refractivity contribution in [2.45, 2.75) is 54.5 Å². The maximum absolute atomic E-state index is 13.6. The van der Waals surface area contributed by atoms with E-state index in [-0.39, 0.29) is 6.04 Å². The van der Waals surface area contributed by atoms with Gasteiger partial charge in [0.1, 0.15) is 11.3 Å². The second-order valence-corrected chi connectivity index (χ2v) is 11.2. The lowest BCUT2D eigenvalue weighted by Crippen LogP contribution is -2.24. The van der Waals surface area contributed by atoms with Gasteiger partial charge in [-0.1, -0.05) is 11.8 Å². The first-order chi connectivity index (χ1) is 17.1. The minimum Gasteiger partial charge on any atom is -0.398 e. The Kier molecular flexibility index (Phi) is 6.56. The van der Waals surface area contributed by atoms with E-state index in [4.69, 9.17) is 25.8 Å². The maximum Gasteiger partial charge on any atom is 0.469 e. The van der Waals surface area contributed by atoms with Gasteiger partial charge in [-0.2, -0.15) is 10.2 Å². The monoisotopic (exact) mass is 532 g/mol. The van der Waals surface area contributed by atoms with E-state index in [2.05, 4.69) is 10.2 Å². The summed E-state index contributed by atoms with van der Waals surface area (Å²) in [5, 5.41) is 9.03. The van der Waals surface area contributed by atoms with Gasteiger partial charge in [-0.25, -0.2) is 13.5 Å². The minimum absolute atomic E-state index is 0.104. The molecule has 36 heavy (non-hydrogen) atoms. The lowest BCUT2D eigenvalue weighted by Gasteiger charge is -2.29. The van der Waals surface area contributed by atoms with Gasteiger partial charge in [0.25, 0.3) is 0 Å². The number of phosphoric ester groups is 1. The van der Waals surface area contributed by atoms with Crippen LogP contribution in [-0.2, 0) is 9.09 Å². The molecule has 1 aliphatic rings. The fourth-order valence-electron chi connectivity index (χ4n) is 4.73. The van der Waals surface area contributed by atoms with Crippen LogP contribution in [0.4, 0.5) is 15.8 Å². The highest BCUT2D eigenvalue weighted by Gasteiger charge is 2.29. The zero-order chi connectivity index (χ0) is 25.6. The summed E-state index contributed by atoms with van der Waals surface area (Å²) in [5.74, 6) is -0.398. The van der Waals surface area contributed by atoms with E-state index in [1.54, 1.807) is 16.8 Å². The number of phosphoric acid groups is 1. The number of hydrogen-bond donors (Lipinski definition) is 4. The van der Waals surface area contributed by atoms with E-state index in [9.17, 15) is 8.96 Å². The summed E-state index contributed by atoms with van der Waals surface area (Å²) in [4.78, 5) is 19.7. The SMILES string of the molecule is Cc1c(-c2cc(Sc3ccc(F)cc3N)c3c(N)cnn3c2)cnn1[C@H]1CC[C@H](OP(=O)(O)O)CC1. The zero-order valence-electron chi connectivity index (χ0n) is 19.4. The Bertz CT molecular complexity index is 1480. The van der Waals surface area contributed by atoms with E-state index in [1.807, 2.05) is 30.1 Å². The molecule has 4 aromatic rings. The highest BCUT2D eigenvalue weighted by Crippen LogP contribution is 2.43. The number of nitrogen functional groups attached to an aromatic ring is 2. The number of fused-ring (bicyclic) bond motifs is 1. The van der Waals surface area contributed by atoms with Crippen LogP contribution in [-0.4, -0.2) is 35.3 Å². The van der Waals surface area contributed by atoms with Crippen molar-refractivity contribution in [1.82, 2.24) is 19.4 Å².